The van der Waals surface area contributed by atoms with Gasteiger partial charge in [0.25, 0.3) is 0 Å². The molecular weight excluding hydrogens is 148 g/mol. The molecule has 0 N–H and O–H groups in total. The standard InChI is InChI=1S/C11H14O/c1-8-3-5-10(6-4-8)12-11-7-9(11)2/h3-6,9,11H,7H2,1-2H3/t9?,11-/m0/s1. The molecule has 2 atom stereocenters. The van der Waals surface area contributed by atoms with Gasteiger partial charge < -0.3 is 4.74 Å². The first-order valence-corrected chi connectivity index (χ1v) is 4.49. The van der Waals surface area contributed by atoms with Crippen molar-refractivity contribution < 1.29 is 4.74 Å². The van der Waals surface area contributed by atoms with Crippen LogP contribution in [0.3, 0.4) is 0 Å². The first-order valence-electron chi connectivity index (χ1n) is 4.49. The van der Waals surface area contributed by atoms with E-state index in [1.165, 1.54) is 12.0 Å². The van der Waals surface area contributed by atoms with Crippen molar-refractivity contribution in [3.05, 3.63) is 29.8 Å². The van der Waals surface area contributed by atoms with Gasteiger partial charge in [-0.3, -0.25) is 0 Å². The lowest BCUT2D eigenvalue weighted by Gasteiger charge is -2.04. The Bertz CT molecular complexity index is 263. The van der Waals surface area contributed by atoms with E-state index >= 15 is 0 Å². The van der Waals surface area contributed by atoms with Crippen LogP contribution in [-0.4, -0.2) is 6.10 Å². The summed E-state index contributed by atoms with van der Waals surface area (Å²) in [4.78, 5) is 0. The molecule has 1 unspecified atom stereocenters. The van der Waals surface area contributed by atoms with Crippen molar-refractivity contribution in [3.8, 4) is 5.75 Å². The fourth-order valence-electron chi connectivity index (χ4n) is 1.24. The fourth-order valence-corrected chi connectivity index (χ4v) is 1.24. The fraction of sp³-hybridized carbons (Fsp3) is 0.455. The number of hydrogen-bond acceptors (Lipinski definition) is 1. The molecule has 0 aromatic heterocycles. The molecule has 12 heavy (non-hydrogen) atoms. The van der Waals surface area contributed by atoms with Crippen LogP contribution in [0.4, 0.5) is 0 Å². The van der Waals surface area contributed by atoms with Crippen molar-refractivity contribution in [2.45, 2.75) is 26.4 Å². The summed E-state index contributed by atoms with van der Waals surface area (Å²) in [5.41, 5.74) is 1.28. The van der Waals surface area contributed by atoms with Gasteiger partial charge in [0.05, 0.1) is 0 Å². The minimum atomic E-state index is 0.479. The van der Waals surface area contributed by atoms with E-state index in [1.807, 2.05) is 12.1 Å². The molecule has 0 bridgehead atoms. The third kappa shape index (κ3) is 1.60. The number of rotatable bonds is 2. The molecule has 64 valence electrons. The van der Waals surface area contributed by atoms with E-state index in [1.54, 1.807) is 0 Å². The Morgan fingerprint density at radius 2 is 1.83 bits per heavy atom. The molecule has 2 rings (SSSR count). The maximum atomic E-state index is 5.69. The highest BCUT2D eigenvalue weighted by Crippen LogP contribution is 2.33. The molecule has 1 aliphatic rings. The maximum Gasteiger partial charge on any atom is 0.119 e. The molecule has 0 saturated heterocycles. The van der Waals surface area contributed by atoms with Gasteiger partial charge in [-0.1, -0.05) is 24.6 Å². The molecule has 0 heterocycles. The van der Waals surface area contributed by atoms with Crippen LogP contribution in [0.25, 0.3) is 0 Å². The van der Waals surface area contributed by atoms with Gasteiger partial charge in [0, 0.05) is 0 Å². The number of ether oxygens (including phenoxy) is 1. The second kappa shape index (κ2) is 2.81. The van der Waals surface area contributed by atoms with Crippen LogP contribution >= 0.6 is 0 Å². The maximum absolute atomic E-state index is 5.69. The van der Waals surface area contributed by atoms with E-state index in [9.17, 15) is 0 Å². The van der Waals surface area contributed by atoms with Crippen LogP contribution in [0, 0.1) is 12.8 Å². The van der Waals surface area contributed by atoms with E-state index in [2.05, 4.69) is 26.0 Å². The number of aryl methyl sites for hydroxylation is 1. The highest BCUT2D eigenvalue weighted by molar-refractivity contribution is 5.26. The van der Waals surface area contributed by atoms with Gasteiger partial charge in [-0.25, -0.2) is 0 Å². The van der Waals surface area contributed by atoms with Crippen LogP contribution in [0.1, 0.15) is 18.9 Å². The molecule has 1 aromatic carbocycles. The lowest BCUT2D eigenvalue weighted by molar-refractivity contribution is 0.288. The van der Waals surface area contributed by atoms with Crippen molar-refractivity contribution in [3.63, 3.8) is 0 Å². The van der Waals surface area contributed by atoms with Crippen LogP contribution in [0.5, 0.6) is 5.75 Å². The Morgan fingerprint density at radius 1 is 1.25 bits per heavy atom. The summed E-state index contributed by atoms with van der Waals surface area (Å²) < 4.78 is 5.69. The van der Waals surface area contributed by atoms with Crippen LogP contribution in [0.2, 0.25) is 0 Å². The van der Waals surface area contributed by atoms with Crippen molar-refractivity contribution in [2.75, 3.05) is 0 Å². The predicted molar refractivity (Wildman–Crippen MR) is 49.4 cm³/mol. The average molecular weight is 162 g/mol. The van der Waals surface area contributed by atoms with E-state index < -0.39 is 0 Å². The van der Waals surface area contributed by atoms with Crippen LogP contribution in [0.15, 0.2) is 24.3 Å². The zero-order valence-corrected chi connectivity index (χ0v) is 7.58. The smallest absolute Gasteiger partial charge is 0.119 e. The third-order valence-electron chi connectivity index (χ3n) is 2.34. The summed E-state index contributed by atoms with van der Waals surface area (Å²) in [6, 6.07) is 8.26. The van der Waals surface area contributed by atoms with Crippen LogP contribution in [-0.2, 0) is 0 Å². The number of hydrogen-bond donors (Lipinski definition) is 0. The molecule has 1 aromatic rings. The molecule has 0 aliphatic heterocycles. The minimum Gasteiger partial charge on any atom is -0.490 e. The van der Waals surface area contributed by atoms with Crippen molar-refractivity contribution in [1.82, 2.24) is 0 Å². The molecule has 0 radical (unpaired) electrons. The zero-order chi connectivity index (χ0) is 8.55. The summed E-state index contributed by atoms with van der Waals surface area (Å²) in [6.07, 6.45) is 1.70. The Labute approximate surface area is 73.4 Å². The zero-order valence-electron chi connectivity index (χ0n) is 7.58. The second-order valence-corrected chi connectivity index (χ2v) is 3.68. The largest absolute Gasteiger partial charge is 0.490 e. The third-order valence-corrected chi connectivity index (χ3v) is 2.34. The lowest BCUT2D eigenvalue weighted by atomic mass is 10.2. The summed E-state index contributed by atoms with van der Waals surface area (Å²) in [5.74, 6) is 1.77. The Morgan fingerprint density at radius 3 is 2.33 bits per heavy atom. The summed E-state index contributed by atoms with van der Waals surface area (Å²) in [6.45, 7) is 4.31. The first-order chi connectivity index (χ1) is 5.75. The van der Waals surface area contributed by atoms with Crippen molar-refractivity contribution >= 4 is 0 Å². The molecular formula is C11H14O. The van der Waals surface area contributed by atoms with Gasteiger partial charge in [-0.05, 0) is 31.4 Å². The second-order valence-electron chi connectivity index (χ2n) is 3.68. The Hall–Kier alpha value is -0.980. The van der Waals surface area contributed by atoms with E-state index in [-0.39, 0.29) is 0 Å². The van der Waals surface area contributed by atoms with Crippen molar-refractivity contribution in [2.24, 2.45) is 5.92 Å². The highest BCUT2D eigenvalue weighted by Gasteiger charge is 2.34. The average Bonchev–Trinajstić information content (AvgIpc) is 2.72. The number of benzene rings is 1. The van der Waals surface area contributed by atoms with Gasteiger partial charge >= 0.3 is 0 Å². The Balaban J connectivity index is 2.00. The predicted octanol–water partition coefficient (Wildman–Crippen LogP) is 2.78. The molecule has 1 fully saturated rings. The van der Waals surface area contributed by atoms with Crippen LogP contribution < -0.4 is 4.74 Å². The normalized spacial score (nSPS) is 26.8. The van der Waals surface area contributed by atoms with Gasteiger partial charge in [0.2, 0.25) is 0 Å². The van der Waals surface area contributed by atoms with Gasteiger partial charge in [0.1, 0.15) is 11.9 Å². The highest BCUT2D eigenvalue weighted by atomic mass is 16.5. The SMILES string of the molecule is Cc1ccc(O[C@H]2CC2C)cc1. The summed E-state index contributed by atoms with van der Waals surface area (Å²) in [7, 11) is 0. The molecule has 1 heteroatoms. The van der Waals surface area contributed by atoms with Gasteiger partial charge in [0.15, 0.2) is 0 Å². The lowest BCUT2D eigenvalue weighted by Crippen LogP contribution is -1.98. The summed E-state index contributed by atoms with van der Waals surface area (Å²) >= 11 is 0. The van der Waals surface area contributed by atoms with E-state index in [0.717, 1.165) is 11.7 Å². The molecule has 1 nitrogen and oxygen atoms in total. The van der Waals surface area contributed by atoms with E-state index in [4.69, 9.17) is 4.74 Å². The first kappa shape index (κ1) is 7.66. The van der Waals surface area contributed by atoms with E-state index in [0.29, 0.717) is 6.10 Å². The molecule has 0 spiro atoms. The summed E-state index contributed by atoms with van der Waals surface area (Å²) in [5, 5.41) is 0. The quantitative estimate of drug-likeness (QED) is 0.649. The monoisotopic (exact) mass is 162 g/mol. The Kier molecular flexibility index (Phi) is 1.80. The van der Waals surface area contributed by atoms with Gasteiger partial charge in [-0.15, -0.1) is 0 Å². The molecule has 0 amide bonds. The molecule has 1 aliphatic carbocycles. The topological polar surface area (TPSA) is 9.23 Å². The van der Waals surface area contributed by atoms with Crippen molar-refractivity contribution in [1.29, 1.82) is 0 Å². The van der Waals surface area contributed by atoms with Gasteiger partial charge in [-0.2, -0.15) is 0 Å². The molecule has 1 saturated carbocycles. The minimum absolute atomic E-state index is 0.479.